The van der Waals surface area contributed by atoms with Gasteiger partial charge in [0.15, 0.2) is 0 Å². The summed E-state index contributed by atoms with van der Waals surface area (Å²) >= 11 is -2.52. The number of benzene rings is 4. The zero-order chi connectivity index (χ0) is 32.1. The van der Waals surface area contributed by atoms with Gasteiger partial charge in [0.05, 0.1) is 0 Å². The molecule has 4 aromatic carbocycles. The first-order valence-electron chi connectivity index (χ1n) is 16.9. The van der Waals surface area contributed by atoms with Crippen molar-refractivity contribution in [2.45, 2.75) is 87.4 Å². The van der Waals surface area contributed by atoms with Crippen molar-refractivity contribution in [3.8, 4) is 0 Å². The third-order valence-electron chi connectivity index (χ3n) is 9.94. The fraction of sp³-hybridized carbons (Fsp3) is 0.350. The van der Waals surface area contributed by atoms with Crippen LogP contribution in [0.25, 0.3) is 10.9 Å². The van der Waals surface area contributed by atoms with Gasteiger partial charge in [0, 0.05) is 0 Å². The second-order valence-electron chi connectivity index (χ2n) is 15.9. The Morgan fingerprint density at radius 2 is 1.16 bits per heavy atom. The molecule has 0 saturated carbocycles. The summed E-state index contributed by atoms with van der Waals surface area (Å²) in [6.07, 6.45) is 1.03. The van der Waals surface area contributed by atoms with Gasteiger partial charge in [0.2, 0.25) is 0 Å². The fourth-order valence-electron chi connectivity index (χ4n) is 8.49. The number of hydrogen-bond donors (Lipinski definition) is 0. The zero-order valence-electron chi connectivity index (χ0n) is 29.0. The first kappa shape index (κ1) is 32.7. The van der Waals surface area contributed by atoms with E-state index in [1.54, 1.807) is 15.6 Å². The molecular formula is C40H51N2Si2Tl. The number of fused-ring (bicyclic) bond motifs is 2. The molecule has 1 heterocycles. The van der Waals surface area contributed by atoms with Gasteiger partial charge in [-0.05, 0) is 0 Å². The van der Waals surface area contributed by atoms with Gasteiger partial charge in [-0.3, -0.25) is 0 Å². The summed E-state index contributed by atoms with van der Waals surface area (Å²) in [5.41, 5.74) is 7.22. The van der Waals surface area contributed by atoms with Crippen LogP contribution < -0.4 is 20.8 Å². The van der Waals surface area contributed by atoms with Crippen LogP contribution in [0.1, 0.15) is 49.4 Å². The summed E-state index contributed by atoms with van der Waals surface area (Å²) in [7, 11) is -3.97. The van der Waals surface area contributed by atoms with Gasteiger partial charge in [-0.25, -0.2) is 0 Å². The first-order chi connectivity index (χ1) is 21.3. The van der Waals surface area contributed by atoms with Gasteiger partial charge >= 0.3 is 285 Å². The topological polar surface area (TPSA) is 6.48 Å². The average Bonchev–Trinajstić information content (AvgIpc) is 3.57. The molecule has 2 aliphatic rings. The van der Waals surface area contributed by atoms with Crippen molar-refractivity contribution < 1.29 is 0 Å². The van der Waals surface area contributed by atoms with E-state index in [1.165, 1.54) is 42.0 Å². The van der Waals surface area contributed by atoms with Crippen molar-refractivity contribution in [2.75, 3.05) is 0 Å². The third kappa shape index (κ3) is 6.24. The van der Waals surface area contributed by atoms with Crippen molar-refractivity contribution in [1.82, 2.24) is 7.27 Å². The third-order valence-corrected chi connectivity index (χ3v) is 52.8. The molecule has 232 valence electrons. The monoisotopic (exact) mass is 820 g/mol. The van der Waals surface area contributed by atoms with E-state index < -0.39 is 39.3 Å². The van der Waals surface area contributed by atoms with Crippen LogP contribution in [0.2, 0.25) is 27.7 Å². The molecule has 1 aliphatic heterocycles. The molecule has 4 aromatic rings. The van der Waals surface area contributed by atoms with Crippen LogP contribution in [0.5, 0.6) is 0 Å². The molecule has 0 N–H and O–H groups in total. The molecule has 1 aliphatic carbocycles. The minimum absolute atomic E-state index is 0.0528. The Balaban J connectivity index is 1.70. The van der Waals surface area contributed by atoms with Gasteiger partial charge in [0.25, 0.3) is 0 Å². The van der Waals surface area contributed by atoms with E-state index in [9.17, 15) is 0 Å². The van der Waals surface area contributed by atoms with Crippen LogP contribution in [0.3, 0.4) is 0 Å². The summed E-state index contributed by atoms with van der Waals surface area (Å²) < 4.78 is 7.53. The summed E-state index contributed by atoms with van der Waals surface area (Å²) in [4.78, 5) is 2.69. The Labute approximate surface area is 283 Å². The molecule has 0 radical (unpaired) electrons. The van der Waals surface area contributed by atoms with Crippen LogP contribution in [-0.2, 0) is 13.1 Å². The molecular weight excluding hydrogens is 769 g/mol. The molecule has 0 fully saturated rings. The van der Waals surface area contributed by atoms with E-state index >= 15 is 0 Å². The number of aryl methyl sites for hydroxylation is 2. The Morgan fingerprint density at radius 1 is 0.689 bits per heavy atom. The Hall–Kier alpha value is -2.26. The van der Waals surface area contributed by atoms with E-state index in [1.807, 2.05) is 0 Å². The predicted molar refractivity (Wildman–Crippen MR) is 202 cm³/mol. The summed E-state index contributed by atoms with van der Waals surface area (Å²) in [6.45, 7) is 21.9. The van der Waals surface area contributed by atoms with E-state index in [4.69, 9.17) is 0 Å². The summed E-state index contributed by atoms with van der Waals surface area (Å²) in [5, 5.41) is 7.78. The van der Waals surface area contributed by atoms with Crippen molar-refractivity contribution in [3.63, 3.8) is 0 Å². The molecule has 0 atom stereocenters. The van der Waals surface area contributed by atoms with Gasteiger partial charge in [0.1, 0.15) is 0 Å². The molecule has 0 amide bonds. The molecule has 0 unspecified atom stereocenters. The minimum atomic E-state index is -2.69. The molecule has 0 spiro atoms. The molecule has 5 heteroatoms. The summed E-state index contributed by atoms with van der Waals surface area (Å²) in [5.74, 6) is 0. The zero-order valence-corrected chi connectivity index (χ0v) is 35.5. The van der Waals surface area contributed by atoms with E-state index in [0.29, 0.717) is 0 Å². The Kier molecular flexibility index (Phi) is 9.00. The second kappa shape index (κ2) is 12.4. The quantitative estimate of drug-likeness (QED) is 0.179. The van der Waals surface area contributed by atoms with Crippen molar-refractivity contribution >= 4 is 60.6 Å². The predicted octanol–water partition coefficient (Wildman–Crippen LogP) is 6.88. The van der Waals surface area contributed by atoms with Crippen LogP contribution >= 0.6 is 0 Å². The van der Waals surface area contributed by atoms with Crippen molar-refractivity contribution in [1.29, 1.82) is 0 Å². The van der Waals surface area contributed by atoms with Gasteiger partial charge in [-0.1, -0.05) is 0 Å². The normalized spacial score (nSPS) is 15.1. The first-order valence-corrected chi connectivity index (χ1v) is 32.2. The van der Waals surface area contributed by atoms with Crippen LogP contribution in [0, 0.1) is 13.8 Å². The van der Waals surface area contributed by atoms with Crippen LogP contribution in [-0.4, -0.2) is 52.1 Å². The standard InChI is InChI=1S/C35H37N2Si.C4H11Si.CH3.Tl/c1-25-14-18-29(19-15-25)38(36-35(3,4)5,30-20-16-26(2)17-21-30)34-22-33(31-12-8-9-13-32(31)34)37-23-27-10-6-7-11-28(27)24-37;1-5(2,3)4;;/h6-21H,22-24H2,1-5H3;1H2,2-4H3;1H3;/q-1;;;+1. The Morgan fingerprint density at radius 3 is 1.62 bits per heavy atom. The molecule has 0 saturated heterocycles. The number of rotatable bonds is 8. The molecule has 2 nitrogen and oxygen atoms in total. The van der Waals surface area contributed by atoms with Gasteiger partial charge < -0.3 is 0 Å². The maximum atomic E-state index is 3.28. The van der Waals surface area contributed by atoms with Gasteiger partial charge in [-0.15, -0.1) is 0 Å². The molecule has 0 bridgehead atoms. The van der Waals surface area contributed by atoms with E-state index in [0.717, 1.165) is 19.5 Å². The second-order valence-corrected chi connectivity index (χ2v) is 40.4. The van der Waals surface area contributed by atoms with E-state index in [2.05, 4.69) is 163 Å². The SMILES string of the molecule is Cc1ccc([Si](C2=c3ccccc3=C(N3Cc4ccccc4C3)C2)(c2ccc(C)cc2)[N]([Tl]([CH3])[CH2][Si](C)(C)C)C(C)(C)C)cc1. The molecule has 45 heavy (non-hydrogen) atoms. The average molecular weight is 820 g/mol. The van der Waals surface area contributed by atoms with Crippen molar-refractivity contribution in [3.05, 3.63) is 130 Å². The molecule has 6 rings (SSSR count). The number of hydrogen-bond acceptors (Lipinski definition) is 2. The number of nitrogens with zero attached hydrogens (tertiary/aromatic N) is 2. The van der Waals surface area contributed by atoms with Crippen LogP contribution in [0.4, 0.5) is 0 Å². The summed E-state index contributed by atoms with van der Waals surface area (Å²) in [6, 6.07) is 38.1. The van der Waals surface area contributed by atoms with Crippen LogP contribution in [0.15, 0.2) is 97.1 Å². The fourth-order valence-corrected chi connectivity index (χ4v) is 59.7. The van der Waals surface area contributed by atoms with Crippen molar-refractivity contribution in [2.24, 2.45) is 0 Å². The maximum absolute atomic E-state index is 3.28. The molecule has 0 aromatic heterocycles. The van der Waals surface area contributed by atoms with Gasteiger partial charge in [-0.2, -0.15) is 0 Å². The van der Waals surface area contributed by atoms with E-state index in [-0.39, 0.29) is 5.54 Å². The Bertz CT molecular complexity index is 1740.